The molecule has 0 fully saturated rings. The molecule has 0 aliphatic heterocycles. The van der Waals surface area contributed by atoms with E-state index in [1.807, 2.05) is 7.05 Å². The van der Waals surface area contributed by atoms with Gasteiger partial charge in [0, 0.05) is 6.04 Å². The second-order valence-electron chi connectivity index (χ2n) is 2.89. The number of hydrogen-bond donors (Lipinski definition) is 1. The van der Waals surface area contributed by atoms with Gasteiger partial charge in [-0.1, -0.05) is 40.5 Å². The van der Waals surface area contributed by atoms with Gasteiger partial charge in [-0.15, -0.1) is 0 Å². The van der Waals surface area contributed by atoms with Crippen LogP contribution in [0.25, 0.3) is 0 Å². The Labute approximate surface area is 72.6 Å². The lowest BCUT2D eigenvalue weighted by atomic mass is 10.1. The number of hydrogen-bond acceptors (Lipinski definition) is 1. The summed E-state index contributed by atoms with van der Waals surface area (Å²) in [5.74, 6) is 0. The van der Waals surface area contributed by atoms with E-state index >= 15 is 0 Å². The fraction of sp³-hybridized carbons (Fsp3) is 1.00. The average Bonchev–Trinajstić information content (AvgIpc) is 2.02. The largest absolute Gasteiger partial charge is 0.317 e. The maximum atomic E-state index is 3.25. The minimum absolute atomic E-state index is 0.750. The zero-order chi connectivity index (χ0) is 9.11. The van der Waals surface area contributed by atoms with Gasteiger partial charge in [0.05, 0.1) is 0 Å². The second kappa shape index (κ2) is 12.6. The fourth-order valence-corrected chi connectivity index (χ4v) is 0.901. The summed E-state index contributed by atoms with van der Waals surface area (Å²) < 4.78 is 0. The molecule has 0 radical (unpaired) electrons. The van der Waals surface area contributed by atoms with Crippen LogP contribution < -0.4 is 5.32 Å². The third-order valence-electron chi connectivity index (χ3n) is 1.54. The van der Waals surface area contributed by atoms with E-state index in [2.05, 4.69) is 33.0 Å². The topological polar surface area (TPSA) is 12.0 Å². The summed E-state index contributed by atoms with van der Waals surface area (Å²) in [6.45, 7) is 8.69. The van der Waals surface area contributed by atoms with Crippen LogP contribution >= 0.6 is 0 Å². The zero-order valence-corrected chi connectivity index (χ0v) is 8.91. The van der Waals surface area contributed by atoms with Crippen molar-refractivity contribution in [2.45, 2.75) is 59.4 Å². The van der Waals surface area contributed by atoms with Gasteiger partial charge in [-0.2, -0.15) is 0 Å². The van der Waals surface area contributed by atoms with Crippen LogP contribution in [0.5, 0.6) is 0 Å². The molecule has 0 saturated carbocycles. The summed E-state index contributed by atoms with van der Waals surface area (Å²) in [5, 5.41) is 3.25. The van der Waals surface area contributed by atoms with Crippen molar-refractivity contribution in [2.75, 3.05) is 7.05 Å². The molecule has 1 N–H and O–H groups in total. The molecule has 1 heteroatoms. The molecule has 0 aromatic carbocycles. The van der Waals surface area contributed by atoms with Crippen molar-refractivity contribution in [3.05, 3.63) is 0 Å². The van der Waals surface area contributed by atoms with E-state index in [0.717, 1.165) is 6.04 Å². The molecule has 0 aliphatic carbocycles. The van der Waals surface area contributed by atoms with Gasteiger partial charge in [0.25, 0.3) is 0 Å². The summed E-state index contributed by atoms with van der Waals surface area (Å²) in [7, 11) is 2.03. The standard InChI is InChI=1S/C7H17N.C3H8/c1-4-6-7(5-2)8-3;1-3-2/h7-8H,4-6H2,1-3H3;3H2,1-2H3. The second-order valence-corrected chi connectivity index (χ2v) is 2.89. The van der Waals surface area contributed by atoms with E-state index in [4.69, 9.17) is 0 Å². The lowest BCUT2D eigenvalue weighted by Gasteiger charge is -2.10. The molecule has 0 aromatic rings. The molecule has 0 bridgehead atoms. The Kier molecular flexibility index (Phi) is 15.5. The minimum atomic E-state index is 0.750. The molecule has 0 heterocycles. The molecule has 70 valence electrons. The van der Waals surface area contributed by atoms with Crippen LogP contribution in [0.2, 0.25) is 0 Å². The van der Waals surface area contributed by atoms with Crippen molar-refractivity contribution in [2.24, 2.45) is 0 Å². The SMILES string of the molecule is CCC.CCCC(CC)NC. The van der Waals surface area contributed by atoms with Crippen molar-refractivity contribution >= 4 is 0 Å². The van der Waals surface area contributed by atoms with Crippen LogP contribution in [-0.2, 0) is 0 Å². The van der Waals surface area contributed by atoms with E-state index in [-0.39, 0.29) is 0 Å². The Morgan fingerprint density at radius 3 is 1.64 bits per heavy atom. The van der Waals surface area contributed by atoms with Crippen molar-refractivity contribution in [1.82, 2.24) is 5.32 Å². The quantitative estimate of drug-likeness (QED) is 0.664. The van der Waals surface area contributed by atoms with Crippen molar-refractivity contribution in [3.63, 3.8) is 0 Å². The summed E-state index contributed by atoms with van der Waals surface area (Å²) in [6, 6.07) is 0.750. The molecule has 0 aromatic heterocycles. The Hall–Kier alpha value is -0.0400. The molecule has 1 unspecified atom stereocenters. The number of nitrogens with one attached hydrogen (secondary N) is 1. The predicted molar refractivity (Wildman–Crippen MR) is 54.0 cm³/mol. The van der Waals surface area contributed by atoms with Crippen molar-refractivity contribution in [1.29, 1.82) is 0 Å². The lowest BCUT2D eigenvalue weighted by Crippen LogP contribution is -2.23. The molecule has 0 aliphatic rings. The predicted octanol–water partition coefficient (Wildman–Crippen LogP) is 3.20. The van der Waals surface area contributed by atoms with E-state index in [1.54, 1.807) is 0 Å². The van der Waals surface area contributed by atoms with Gasteiger partial charge < -0.3 is 5.32 Å². The van der Waals surface area contributed by atoms with Crippen molar-refractivity contribution < 1.29 is 0 Å². The minimum Gasteiger partial charge on any atom is -0.317 e. The van der Waals surface area contributed by atoms with Crippen LogP contribution in [0.1, 0.15) is 53.4 Å². The van der Waals surface area contributed by atoms with Gasteiger partial charge >= 0.3 is 0 Å². The molecular weight excluding hydrogens is 134 g/mol. The maximum absolute atomic E-state index is 3.25. The maximum Gasteiger partial charge on any atom is 0.00613 e. The third kappa shape index (κ3) is 13.0. The highest BCUT2D eigenvalue weighted by Gasteiger charge is 1.97. The summed E-state index contributed by atoms with van der Waals surface area (Å²) >= 11 is 0. The third-order valence-corrected chi connectivity index (χ3v) is 1.54. The van der Waals surface area contributed by atoms with Crippen LogP contribution in [-0.4, -0.2) is 13.1 Å². The molecular formula is C10H25N. The highest BCUT2D eigenvalue weighted by atomic mass is 14.9. The molecule has 0 rings (SSSR count). The van der Waals surface area contributed by atoms with Crippen LogP contribution in [0.3, 0.4) is 0 Å². The van der Waals surface area contributed by atoms with Crippen molar-refractivity contribution in [3.8, 4) is 0 Å². The van der Waals surface area contributed by atoms with Gasteiger partial charge in [-0.05, 0) is 19.9 Å². The lowest BCUT2D eigenvalue weighted by molar-refractivity contribution is 0.503. The van der Waals surface area contributed by atoms with Gasteiger partial charge in [0.2, 0.25) is 0 Å². The van der Waals surface area contributed by atoms with Gasteiger partial charge in [0.15, 0.2) is 0 Å². The summed E-state index contributed by atoms with van der Waals surface area (Å²) in [6.07, 6.45) is 5.11. The number of rotatable bonds is 4. The monoisotopic (exact) mass is 159 g/mol. The Morgan fingerprint density at radius 2 is 1.55 bits per heavy atom. The molecule has 1 atom stereocenters. The first-order chi connectivity index (χ1) is 5.26. The Balaban J connectivity index is 0. The molecule has 1 nitrogen and oxygen atoms in total. The first kappa shape index (κ1) is 13.5. The van der Waals surface area contributed by atoms with E-state index in [1.165, 1.54) is 25.7 Å². The Bertz CT molecular complexity index is 48.8. The molecule has 0 saturated heterocycles. The molecule has 0 amide bonds. The van der Waals surface area contributed by atoms with E-state index in [9.17, 15) is 0 Å². The van der Waals surface area contributed by atoms with Crippen LogP contribution in [0.15, 0.2) is 0 Å². The fourth-order valence-electron chi connectivity index (χ4n) is 0.901. The highest BCUT2D eigenvalue weighted by molar-refractivity contribution is 4.59. The first-order valence-electron chi connectivity index (χ1n) is 4.93. The normalized spacial score (nSPS) is 11.7. The van der Waals surface area contributed by atoms with Gasteiger partial charge in [-0.3, -0.25) is 0 Å². The first-order valence-corrected chi connectivity index (χ1v) is 4.93. The highest BCUT2D eigenvalue weighted by Crippen LogP contribution is 1.98. The summed E-state index contributed by atoms with van der Waals surface area (Å²) in [5.41, 5.74) is 0. The van der Waals surface area contributed by atoms with Gasteiger partial charge in [0.1, 0.15) is 0 Å². The average molecular weight is 159 g/mol. The molecule has 11 heavy (non-hydrogen) atoms. The Morgan fingerprint density at radius 1 is 1.09 bits per heavy atom. The molecule has 0 spiro atoms. The van der Waals surface area contributed by atoms with Crippen LogP contribution in [0.4, 0.5) is 0 Å². The zero-order valence-electron chi connectivity index (χ0n) is 8.91. The smallest absolute Gasteiger partial charge is 0.00613 e. The van der Waals surface area contributed by atoms with E-state index < -0.39 is 0 Å². The van der Waals surface area contributed by atoms with Crippen LogP contribution in [0, 0.1) is 0 Å². The summed E-state index contributed by atoms with van der Waals surface area (Å²) in [4.78, 5) is 0. The van der Waals surface area contributed by atoms with E-state index in [0.29, 0.717) is 0 Å². The van der Waals surface area contributed by atoms with Gasteiger partial charge in [-0.25, -0.2) is 0 Å².